The molecule has 1 N–H and O–H groups in total. The maximum atomic E-state index is 15.1. The van der Waals surface area contributed by atoms with Crippen molar-refractivity contribution in [3.8, 4) is 0 Å². The molecule has 32 heavy (non-hydrogen) atoms. The van der Waals surface area contributed by atoms with Crippen LogP contribution in [0.25, 0.3) is 0 Å². The Morgan fingerprint density at radius 1 is 1.22 bits per heavy atom. The molecule has 0 saturated carbocycles. The van der Waals surface area contributed by atoms with Crippen LogP contribution in [-0.2, 0) is 20.5 Å². The summed E-state index contributed by atoms with van der Waals surface area (Å²) in [6.45, 7) is 6.33. The molecule has 0 spiro atoms. The van der Waals surface area contributed by atoms with Crippen LogP contribution in [0.15, 0.2) is 30.3 Å². The van der Waals surface area contributed by atoms with E-state index in [4.69, 9.17) is 23.2 Å². The van der Waals surface area contributed by atoms with Gasteiger partial charge in [0, 0.05) is 43.5 Å². The Morgan fingerprint density at radius 3 is 2.62 bits per heavy atom. The van der Waals surface area contributed by atoms with Crippen LogP contribution in [0, 0.1) is 5.82 Å². The van der Waals surface area contributed by atoms with E-state index in [-0.39, 0.29) is 34.0 Å². The van der Waals surface area contributed by atoms with Crippen LogP contribution in [0.3, 0.4) is 0 Å². The molecular formula is C24H26Cl2FN3O2. The molecule has 0 radical (unpaired) electrons. The Hall–Kier alpha value is -2.31. The first-order valence-corrected chi connectivity index (χ1v) is 11.4. The molecule has 5 nitrogen and oxygen atoms in total. The van der Waals surface area contributed by atoms with Gasteiger partial charge in [-0.25, -0.2) is 4.39 Å². The molecule has 2 amide bonds. The summed E-state index contributed by atoms with van der Waals surface area (Å²) in [4.78, 5) is 28.5. The summed E-state index contributed by atoms with van der Waals surface area (Å²) in [5.41, 5.74) is 1.14. The monoisotopic (exact) mass is 477 g/mol. The molecule has 1 unspecified atom stereocenters. The smallest absolute Gasteiger partial charge is 0.236 e. The van der Waals surface area contributed by atoms with Crippen molar-refractivity contribution in [1.82, 2.24) is 4.90 Å². The number of hydrogen-bond acceptors (Lipinski definition) is 3. The molecular weight excluding hydrogens is 452 g/mol. The molecule has 170 valence electrons. The first kappa shape index (κ1) is 22.9. The van der Waals surface area contributed by atoms with Crippen LogP contribution < -0.4 is 10.2 Å². The molecule has 2 aromatic rings. The minimum atomic E-state index is -0.957. The zero-order valence-electron chi connectivity index (χ0n) is 18.6. The van der Waals surface area contributed by atoms with E-state index in [1.54, 1.807) is 23.8 Å². The van der Waals surface area contributed by atoms with Crippen molar-refractivity contribution < 1.29 is 14.0 Å². The summed E-state index contributed by atoms with van der Waals surface area (Å²) in [5.74, 6) is -0.468. The molecule has 0 aromatic heterocycles. The van der Waals surface area contributed by atoms with Gasteiger partial charge in [-0.1, -0.05) is 36.2 Å². The standard InChI is InChI=1S/C24H26Cl2FN3O2/c1-5-19(31)30-11-10-24(13-30,20-17(27)9-8-16(25)21(20)26)28-14-6-7-15-18(12-14)29(4)22(32)23(15,2)3/h6-9,12,28H,5,10-11,13H2,1-4H3. The van der Waals surface area contributed by atoms with Crippen LogP contribution in [0.1, 0.15) is 44.7 Å². The quantitative estimate of drug-likeness (QED) is 0.604. The van der Waals surface area contributed by atoms with Crippen molar-refractivity contribution in [2.24, 2.45) is 0 Å². The molecule has 4 rings (SSSR count). The van der Waals surface area contributed by atoms with Gasteiger partial charge in [-0.05, 0) is 50.1 Å². The van der Waals surface area contributed by atoms with Crippen molar-refractivity contribution in [2.75, 3.05) is 30.4 Å². The molecule has 2 aromatic carbocycles. The van der Waals surface area contributed by atoms with Gasteiger partial charge in [-0.2, -0.15) is 0 Å². The van der Waals surface area contributed by atoms with Crippen LogP contribution in [0.5, 0.6) is 0 Å². The van der Waals surface area contributed by atoms with Crippen molar-refractivity contribution in [3.05, 3.63) is 57.3 Å². The summed E-state index contributed by atoms with van der Waals surface area (Å²) < 4.78 is 15.1. The number of nitrogens with one attached hydrogen (secondary N) is 1. The lowest BCUT2D eigenvalue weighted by molar-refractivity contribution is -0.130. The van der Waals surface area contributed by atoms with Crippen molar-refractivity contribution in [1.29, 1.82) is 0 Å². The average molecular weight is 478 g/mol. The molecule has 1 fully saturated rings. The molecule has 2 aliphatic rings. The number of likely N-dealkylation sites (N-methyl/N-ethyl adjacent to an activating group) is 1. The van der Waals surface area contributed by atoms with Gasteiger partial charge >= 0.3 is 0 Å². The summed E-state index contributed by atoms with van der Waals surface area (Å²) in [5, 5.41) is 3.86. The lowest BCUT2D eigenvalue weighted by Gasteiger charge is -2.34. The lowest BCUT2D eigenvalue weighted by atomic mass is 9.85. The number of amides is 2. The van der Waals surface area contributed by atoms with Gasteiger partial charge in [-0.3, -0.25) is 9.59 Å². The fraction of sp³-hybridized carbons (Fsp3) is 0.417. The third-order valence-corrected chi connectivity index (χ3v) is 7.51. The summed E-state index contributed by atoms with van der Waals surface area (Å²) in [7, 11) is 1.75. The minimum absolute atomic E-state index is 0.00623. The van der Waals surface area contributed by atoms with Crippen LogP contribution >= 0.6 is 23.2 Å². The topological polar surface area (TPSA) is 52.7 Å². The second kappa shape index (κ2) is 7.92. The number of likely N-dealkylation sites (tertiary alicyclic amines) is 1. The molecule has 1 saturated heterocycles. The fourth-order valence-corrected chi connectivity index (χ4v) is 5.41. The van der Waals surface area contributed by atoms with Crippen LogP contribution in [-0.4, -0.2) is 36.9 Å². The number of hydrogen-bond donors (Lipinski definition) is 1. The molecule has 2 heterocycles. The Bertz CT molecular complexity index is 1120. The Labute approximate surface area is 197 Å². The van der Waals surface area contributed by atoms with Crippen molar-refractivity contribution in [3.63, 3.8) is 0 Å². The lowest BCUT2D eigenvalue weighted by Crippen LogP contribution is -2.41. The molecule has 8 heteroatoms. The van der Waals surface area contributed by atoms with Gasteiger partial charge < -0.3 is 15.1 Å². The highest BCUT2D eigenvalue weighted by molar-refractivity contribution is 6.42. The summed E-state index contributed by atoms with van der Waals surface area (Å²) >= 11 is 12.7. The van der Waals surface area contributed by atoms with Crippen molar-refractivity contribution in [2.45, 2.75) is 44.6 Å². The zero-order chi connectivity index (χ0) is 23.4. The molecule has 0 aliphatic carbocycles. The first-order valence-electron chi connectivity index (χ1n) is 10.6. The van der Waals surface area contributed by atoms with E-state index in [1.165, 1.54) is 12.1 Å². The van der Waals surface area contributed by atoms with E-state index < -0.39 is 16.8 Å². The highest BCUT2D eigenvalue weighted by atomic mass is 35.5. The largest absolute Gasteiger partial charge is 0.373 e. The van der Waals surface area contributed by atoms with E-state index >= 15 is 4.39 Å². The first-order chi connectivity index (χ1) is 15.0. The number of anilines is 2. The Balaban J connectivity index is 1.80. The maximum Gasteiger partial charge on any atom is 0.236 e. The number of rotatable bonds is 4. The number of halogens is 3. The van der Waals surface area contributed by atoms with Gasteiger partial charge in [0.15, 0.2) is 0 Å². The van der Waals surface area contributed by atoms with Gasteiger partial charge in [0.2, 0.25) is 11.8 Å². The van der Waals surface area contributed by atoms with E-state index in [9.17, 15) is 9.59 Å². The molecule has 1 atom stereocenters. The minimum Gasteiger partial charge on any atom is -0.373 e. The highest BCUT2D eigenvalue weighted by Gasteiger charge is 2.46. The van der Waals surface area contributed by atoms with Gasteiger partial charge in [0.25, 0.3) is 0 Å². The normalized spacial score (nSPS) is 21.8. The fourth-order valence-electron chi connectivity index (χ4n) is 4.92. The van der Waals surface area contributed by atoms with Crippen LogP contribution in [0.2, 0.25) is 10.0 Å². The van der Waals surface area contributed by atoms with E-state index in [0.717, 1.165) is 11.3 Å². The van der Waals surface area contributed by atoms with E-state index in [0.29, 0.717) is 25.1 Å². The van der Waals surface area contributed by atoms with E-state index in [2.05, 4.69) is 5.32 Å². The summed E-state index contributed by atoms with van der Waals surface area (Å²) in [6, 6.07) is 8.43. The van der Waals surface area contributed by atoms with E-state index in [1.807, 2.05) is 32.0 Å². The molecule has 2 aliphatic heterocycles. The summed E-state index contributed by atoms with van der Waals surface area (Å²) in [6.07, 6.45) is 0.829. The van der Waals surface area contributed by atoms with Gasteiger partial charge in [0.1, 0.15) is 5.82 Å². The zero-order valence-corrected chi connectivity index (χ0v) is 20.1. The molecule has 0 bridgehead atoms. The number of fused-ring (bicyclic) bond motifs is 1. The second-order valence-corrected chi connectivity index (χ2v) is 9.85. The van der Waals surface area contributed by atoms with Gasteiger partial charge in [-0.15, -0.1) is 0 Å². The van der Waals surface area contributed by atoms with Gasteiger partial charge in [0.05, 0.1) is 21.0 Å². The van der Waals surface area contributed by atoms with Crippen molar-refractivity contribution >= 4 is 46.4 Å². The number of benzene rings is 2. The third-order valence-electron chi connectivity index (χ3n) is 6.70. The maximum absolute atomic E-state index is 15.1. The number of nitrogens with zero attached hydrogens (tertiary/aromatic N) is 2. The second-order valence-electron chi connectivity index (χ2n) is 9.07. The Kier molecular flexibility index (Phi) is 5.66. The van der Waals surface area contributed by atoms with Crippen LogP contribution in [0.4, 0.5) is 15.8 Å². The predicted octanol–water partition coefficient (Wildman–Crippen LogP) is 5.34. The highest BCUT2D eigenvalue weighted by Crippen LogP contribution is 2.46. The average Bonchev–Trinajstić information content (AvgIpc) is 3.25. The third kappa shape index (κ3) is 3.44. The number of carbonyl (C=O) groups excluding carboxylic acids is 2. The SMILES string of the molecule is CCC(=O)N1CCC(Nc2ccc3c(c2)N(C)C(=O)C3(C)C)(c2c(F)ccc(Cl)c2Cl)C1. The Morgan fingerprint density at radius 2 is 1.94 bits per heavy atom. The predicted molar refractivity (Wildman–Crippen MR) is 126 cm³/mol. The number of carbonyl (C=O) groups is 2.